The van der Waals surface area contributed by atoms with Gasteiger partial charge in [-0.1, -0.05) is 24.6 Å². The summed E-state index contributed by atoms with van der Waals surface area (Å²) in [6, 6.07) is 6.81. The number of aryl methyl sites for hydroxylation is 2. The summed E-state index contributed by atoms with van der Waals surface area (Å²) in [5.41, 5.74) is 5.06. The van der Waals surface area contributed by atoms with Gasteiger partial charge in [-0.15, -0.1) is 11.3 Å². The van der Waals surface area contributed by atoms with Gasteiger partial charge in [0, 0.05) is 5.02 Å². The molecule has 108 valence electrons. The largest absolute Gasteiger partial charge is 0.306 e. The monoisotopic (exact) mass is 419 g/mol. The fraction of sp³-hybridized carbons (Fsp3) is 0.375. The van der Waals surface area contributed by atoms with Crippen molar-refractivity contribution in [3.8, 4) is 0 Å². The van der Waals surface area contributed by atoms with Gasteiger partial charge in [-0.05, 0) is 89.2 Å². The van der Waals surface area contributed by atoms with Crippen LogP contribution in [0.2, 0.25) is 5.02 Å². The van der Waals surface area contributed by atoms with Gasteiger partial charge in [-0.3, -0.25) is 0 Å². The molecule has 1 atom stereocenters. The Bertz CT molecular complexity index is 594. The van der Waals surface area contributed by atoms with Gasteiger partial charge in [-0.25, -0.2) is 0 Å². The lowest BCUT2D eigenvalue weighted by molar-refractivity contribution is 0.597. The predicted molar refractivity (Wildman–Crippen MR) is 98.1 cm³/mol. The number of hydrogen-bond donors (Lipinski definition) is 1. The second-order valence-corrected chi connectivity index (χ2v) is 8.24. The average molecular weight is 420 g/mol. The zero-order chi connectivity index (χ0) is 14.7. The van der Waals surface area contributed by atoms with Crippen LogP contribution in [-0.4, -0.2) is 6.54 Å². The number of halogens is 2. The molecule has 2 aromatic rings. The highest BCUT2D eigenvalue weighted by molar-refractivity contribution is 14.1. The quantitative estimate of drug-likeness (QED) is 0.612. The van der Waals surface area contributed by atoms with Crippen molar-refractivity contribution in [3.05, 3.63) is 53.7 Å². The van der Waals surface area contributed by atoms with E-state index in [1.54, 1.807) is 11.3 Å². The van der Waals surface area contributed by atoms with E-state index in [2.05, 4.69) is 72.3 Å². The summed E-state index contributed by atoms with van der Waals surface area (Å²) in [5.74, 6) is 0. The van der Waals surface area contributed by atoms with Gasteiger partial charge < -0.3 is 5.32 Å². The maximum Gasteiger partial charge on any atom is 0.0656 e. The van der Waals surface area contributed by atoms with Crippen LogP contribution in [0.25, 0.3) is 0 Å². The molecule has 1 aromatic carbocycles. The first-order valence-electron chi connectivity index (χ1n) is 6.77. The van der Waals surface area contributed by atoms with Crippen molar-refractivity contribution in [2.45, 2.75) is 33.2 Å². The Morgan fingerprint density at radius 2 is 2.00 bits per heavy atom. The molecule has 0 spiro atoms. The van der Waals surface area contributed by atoms with Gasteiger partial charge in [0.05, 0.1) is 8.93 Å². The van der Waals surface area contributed by atoms with Crippen LogP contribution in [0.1, 0.15) is 41.6 Å². The predicted octanol–water partition coefficient (Wildman–Crippen LogP) is 5.71. The second-order valence-electron chi connectivity index (χ2n) is 5.03. The summed E-state index contributed by atoms with van der Waals surface area (Å²) in [7, 11) is 0. The molecule has 20 heavy (non-hydrogen) atoms. The second kappa shape index (κ2) is 7.25. The summed E-state index contributed by atoms with van der Waals surface area (Å²) >= 11 is 10.4. The summed E-state index contributed by atoms with van der Waals surface area (Å²) < 4.78 is 1.32. The topological polar surface area (TPSA) is 12.0 Å². The molecule has 1 N–H and O–H groups in total. The maximum absolute atomic E-state index is 6.23. The Morgan fingerprint density at radius 1 is 1.25 bits per heavy atom. The molecular weight excluding hydrogens is 401 g/mol. The van der Waals surface area contributed by atoms with Crippen LogP contribution < -0.4 is 5.32 Å². The minimum Gasteiger partial charge on any atom is -0.306 e. The van der Waals surface area contributed by atoms with Crippen molar-refractivity contribution in [2.24, 2.45) is 0 Å². The van der Waals surface area contributed by atoms with E-state index < -0.39 is 0 Å². The fourth-order valence-corrected chi connectivity index (χ4v) is 3.90. The summed E-state index contributed by atoms with van der Waals surface area (Å²) in [5, 5.41) is 6.76. The van der Waals surface area contributed by atoms with Crippen molar-refractivity contribution in [1.82, 2.24) is 5.32 Å². The van der Waals surface area contributed by atoms with Crippen molar-refractivity contribution in [1.29, 1.82) is 0 Å². The summed E-state index contributed by atoms with van der Waals surface area (Å²) in [6.07, 6.45) is 1.13. The van der Waals surface area contributed by atoms with Gasteiger partial charge >= 0.3 is 0 Å². The Balaban J connectivity index is 2.43. The van der Waals surface area contributed by atoms with E-state index in [4.69, 9.17) is 11.6 Å². The van der Waals surface area contributed by atoms with Crippen LogP contribution in [0.15, 0.2) is 23.6 Å². The zero-order valence-electron chi connectivity index (χ0n) is 12.0. The molecule has 1 unspecified atom stereocenters. The van der Waals surface area contributed by atoms with E-state index in [9.17, 15) is 0 Å². The summed E-state index contributed by atoms with van der Waals surface area (Å²) in [4.78, 5) is 0. The number of hydrogen-bond acceptors (Lipinski definition) is 2. The molecule has 0 bridgehead atoms. The lowest BCUT2D eigenvalue weighted by atomic mass is 9.95. The van der Waals surface area contributed by atoms with Crippen LogP contribution in [-0.2, 0) is 0 Å². The lowest BCUT2D eigenvalue weighted by Crippen LogP contribution is -2.23. The van der Waals surface area contributed by atoms with E-state index in [-0.39, 0.29) is 6.04 Å². The van der Waals surface area contributed by atoms with Gasteiger partial charge in [-0.2, -0.15) is 0 Å². The molecule has 0 saturated heterocycles. The first-order valence-corrected chi connectivity index (χ1v) is 9.10. The third-order valence-electron chi connectivity index (χ3n) is 3.38. The molecule has 1 heterocycles. The Labute approximate surface area is 143 Å². The molecule has 0 fully saturated rings. The third kappa shape index (κ3) is 3.75. The molecule has 1 nitrogen and oxygen atoms in total. The van der Waals surface area contributed by atoms with E-state index >= 15 is 0 Å². The van der Waals surface area contributed by atoms with Gasteiger partial charge in [0.25, 0.3) is 0 Å². The van der Waals surface area contributed by atoms with Crippen molar-refractivity contribution < 1.29 is 0 Å². The van der Waals surface area contributed by atoms with Crippen LogP contribution >= 0.6 is 45.5 Å². The van der Waals surface area contributed by atoms with Gasteiger partial charge in [0.2, 0.25) is 0 Å². The number of rotatable bonds is 5. The van der Waals surface area contributed by atoms with E-state index in [1.807, 2.05) is 0 Å². The molecular formula is C16H19ClINS. The molecule has 4 heteroatoms. The minimum absolute atomic E-state index is 0.255. The van der Waals surface area contributed by atoms with Crippen LogP contribution in [0.5, 0.6) is 0 Å². The highest BCUT2D eigenvalue weighted by Gasteiger charge is 2.18. The zero-order valence-corrected chi connectivity index (χ0v) is 15.7. The van der Waals surface area contributed by atoms with Crippen LogP contribution in [0, 0.1) is 16.7 Å². The summed E-state index contributed by atoms with van der Waals surface area (Å²) in [6.45, 7) is 7.41. The Morgan fingerprint density at radius 3 is 2.60 bits per heavy atom. The molecule has 0 radical (unpaired) electrons. The number of thiophene rings is 1. The smallest absolute Gasteiger partial charge is 0.0656 e. The highest BCUT2D eigenvalue weighted by atomic mass is 127. The standard InChI is InChI=1S/C16H19ClINS/c1-4-5-19-16(12-8-15(18)20-9-12)13-6-11(3)14(17)7-10(13)2/h6-9,16,19H,4-5H2,1-3H3. The number of nitrogens with one attached hydrogen (secondary N) is 1. The molecule has 0 amide bonds. The molecule has 0 aliphatic carbocycles. The van der Waals surface area contributed by atoms with E-state index in [1.165, 1.54) is 19.6 Å². The van der Waals surface area contributed by atoms with Gasteiger partial charge in [0.15, 0.2) is 0 Å². The molecule has 0 aliphatic heterocycles. The Hall–Kier alpha value is -0.100. The maximum atomic E-state index is 6.23. The highest BCUT2D eigenvalue weighted by Crippen LogP contribution is 2.31. The SMILES string of the molecule is CCCNC(c1csc(I)c1)c1cc(C)c(Cl)cc1C. The molecule has 0 aliphatic rings. The molecule has 1 aromatic heterocycles. The van der Waals surface area contributed by atoms with Crippen molar-refractivity contribution in [2.75, 3.05) is 6.54 Å². The number of benzene rings is 1. The van der Waals surface area contributed by atoms with E-state index in [0.29, 0.717) is 0 Å². The minimum atomic E-state index is 0.255. The van der Waals surface area contributed by atoms with Crippen molar-refractivity contribution >= 4 is 45.5 Å². The average Bonchev–Trinajstić information content (AvgIpc) is 2.82. The van der Waals surface area contributed by atoms with E-state index in [0.717, 1.165) is 23.6 Å². The normalized spacial score (nSPS) is 12.7. The molecule has 2 rings (SSSR count). The molecule has 0 saturated carbocycles. The fourth-order valence-electron chi connectivity index (χ4n) is 2.29. The third-order valence-corrected chi connectivity index (χ3v) is 5.59. The van der Waals surface area contributed by atoms with Gasteiger partial charge in [0.1, 0.15) is 0 Å². The first kappa shape index (κ1) is 16.3. The van der Waals surface area contributed by atoms with Crippen LogP contribution in [0.3, 0.4) is 0 Å². The first-order chi connectivity index (χ1) is 9.52. The Kier molecular flexibility index (Phi) is 5.90. The lowest BCUT2D eigenvalue weighted by Gasteiger charge is -2.21. The van der Waals surface area contributed by atoms with Crippen molar-refractivity contribution in [3.63, 3.8) is 0 Å². The van der Waals surface area contributed by atoms with Crippen LogP contribution in [0.4, 0.5) is 0 Å².